The van der Waals surface area contributed by atoms with E-state index in [9.17, 15) is 9.59 Å². The first-order chi connectivity index (χ1) is 13.0. The van der Waals surface area contributed by atoms with Gasteiger partial charge in [-0.05, 0) is 36.6 Å². The maximum Gasteiger partial charge on any atom is 0.266 e. The molecular formula is C18H13ClN4O2S2. The van der Waals surface area contributed by atoms with Crippen molar-refractivity contribution >= 4 is 61.3 Å². The van der Waals surface area contributed by atoms with Crippen molar-refractivity contribution in [3.63, 3.8) is 0 Å². The molecule has 0 saturated heterocycles. The maximum absolute atomic E-state index is 12.7. The molecule has 3 N–H and O–H groups in total. The van der Waals surface area contributed by atoms with Crippen LogP contribution in [0.5, 0.6) is 0 Å². The number of thiophene rings is 2. The van der Waals surface area contributed by atoms with Crippen LogP contribution in [0, 0.1) is 6.92 Å². The molecule has 0 fully saturated rings. The highest BCUT2D eigenvalue weighted by atomic mass is 35.5. The van der Waals surface area contributed by atoms with Crippen LogP contribution in [-0.2, 0) is 0 Å². The molecule has 3 aromatic heterocycles. The predicted molar refractivity (Wildman–Crippen MR) is 109 cm³/mol. The van der Waals surface area contributed by atoms with Crippen molar-refractivity contribution in [2.45, 2.75) is 6.92 Å². The van der Waals surface area contributed by atoms with E-state index in [0.29, 0.717) is 20.5 Å². The minimum atomic E-state index is -0.576. The molecule has 4 aromatic rings. The predicted octanol–water partition coefficient (Wildman–Crippen LogP) is 4.46. The molecule has 0 aliphatic heterocycles. The number of hydrogen-bond donors (Lipinski definition) is 2. The third-order valence-corrected chi connectivity index (χ3v) is 6.27. The summed E-state index contributed by atoms with van der Waals surface area (Å²) in [6.45, 7) is 1.88. The Balaban J connectivity index is 1.73. The molecule has 6 nitrogen and oxygen atoms in total. The number of amides is 2. The first-order valence-corrected chi connectivity index (χ1v) is 9.96. The molecule has 1 aromatic carbocycles. The number of fused-ring (bicyclic) bond motifs is 1. The lowest BCUT2D eigenvalue weighted by Gasteiger charge is -2.04. The van der Waals surface area contributed by atoms with Crippen molar-refractivity contribution in [3.05, 3.63) is 62.9 Å². The highest BCUT2D eigenvalue weighted by molar-refractivity contribution is 7.20. The Bertz CT molecular complexity index is 1190. The Morgan fingerprint density at radius 2 is 2.04 bits per heavy atom. The summed E-state index contributed by atoms with van der Waals surface area (Å²) in [5, 5.41) is 10.9. The van der Waals surface area contributed by atoms with Crippen molar-refractivity contribution in [3.8, 4) is 5.69 Å². The van der Waals surface area contributed by atoms with Gasteiger partial charge in [-0.1, -0.05) is 23.7 Å². The number of aromatic nitrogens is 2. The highest BCUT2D eigenvalue weighted by Gasteiger charge is 2.20. The molecule has 2 amide bonds. The van der Waals surface area contributed by atoms with Crippen molar-refractivity contribution in [2.24, 2.45) is 5.73 Å². The Morgan fingerprint density at radius 1 is 1.26 bits per heavy atom. The zero-order valence-electron chi connectivity index (χ0n) is 14.0. The number of aryl methyl sites for hydroxylation is 1. The quantitative estimate of drug-likeness (QED) is 0.514. The van der Waals surface area contributed by atoms with Crippen LogP contribution >= 0.6 is 34.3 Å². The van der Waals surface area contributed by atoms with Gasteiger partial charge in [0.1, 0.15) is 9.83 Å². The second-order valence-electron chi connectivity index (χ2n) is 5.76. The van der Waals surface area contributed by atoms with Crippen LogP contribution in [-0.4, -0.2) is 21.6 Å². The van der Waals surface area contributed by atoms with E-state index in [2.05, 4.69) is 10.4 Å². The second-order valence-corrected chi connectivity index (χ2v) is 8.11. The normalized spacial score (nSPS) is 11.0. The molecule has 0 atom stereocenters. The molecule has 0 bridgehead atoms. The molecule has 0 saturated carbocycles. The number of halogens is 1. The number of carbonyl (C=O) groups excluding carboxylic acids is 2. The number of para-hydroxylation sites is 1. The number of benzene rings is 1. The Morgan fingerprint density at radius 3 is 2.78 bits per heavy atom. The molecule has 0 spiro atoms. The molecule has 3 heterocycles. The first-order valence-electron chi connectivity index (χ1n) is 7.88. The Labute approximate surface area is 167 Å². The largest absolute Gasteiger partial charge is 0.366 e. The van der Waals surface area contributed by atoms with Crippen LogP contribution in [0.15, 0.2) is 41.8 Å². The molecule has 4 rings (SSSR count). The van der Waals surface area contributed by atoms with Gasteiger partial charge < -0.3 is 11.1 Å². The number of nitrogens with zero attached hydrogens (tertiary/aromatic N) is 2. The number of rotatable bonds is 4. The SMILES string of the molecule is Cc1nn(-c2ccccc2Cl)c2sc(C(=O)Nc3sccc3C(N)=O)cc12. The van der Waals surface area contributed by atoms with Crippen molar-refractivity contribution < 1.29 is 9.59 Å². The maximum atomic E-state index is 12.7. The zero-order valence-corrected chi connectivity index (χ0v) is 16.4. The Kier molecular flexibility index (Phi) is 4.47. The number of primary amides is 1. The molecule has 136 valence electrons. The minimum Gasteiger partial charge on any atom is -0.366 e. The van der Waals surface area contributed by atoms with Crippen molar-refractivity contribution in [1.29, 1.82) is 0 Å². The third-order valence-electron chi connectivity index (χ3n) is 4.01. The average Bonchev–Trinajstić information content (AvgIpc) is 3.32. The summed E-state index contributed by atoms with van der Waals surface area (Å²) in [6.07, 6.45) is 0. The molecular weight excluding hydrogens is 404 g/mol. The topological polar surface area (TPSA) is 90.0 Å². The number of nitrogens with one attached hydrogen (secondary N) is 1. The third kappa shape index (κ3) is 3.12. The van der Waals surface area contributed by atoms with E-state index in [1.54, 1.807) is 28.3 Å². The van der Waals surface area contributed by atoms with Crippen LogP contribution < -0.4 is 11.1 Å². The fraction of sp³-hybridized carbons (Fsp3) is 0.0556. The standard InChI is InChI=1S/C18H13ClN4O2S2/c1-9-11-8-14(16(25)21-17-10(15(20)24)6-7-26-17)27-18(11)23(22-9)13-5-3-2-4-12(13)19/h2-8H,1H3,(H2,20,24)(H,21,25). The molecule has 0 aliphatic carbocycles. The monoisotopic (exact) mass is 416 g/mol. The Hall–Kier alpha value is -2.68. The highest BCUT2D eigenvalue weighted by Crippen LogP contribution is 2.33. The lowest BCUT2D eigenvalue weighted by atomic mass is 10.3. The molecule has 9 heteroatoms. The fourth-order valence-corrected chi connectivity index (χ4v) is 4.78. The number of hydrogen-bond acceptors (Lipinski definition) is 5. The van der Waals surface area contributed by atoms with Crippen LogP contribution in [0.25, 0.3) is 15.9 Å². The summed E-state index contributed by atoms with van der Waals surface area (Å²) in [5.74, 6) is -0.876. The van der Waals surface area contributed by atoms with Gasteiger partial charge in [-0.25, -0.2) is 4.68 Å². The van der Waals surface area contributed by atoms with E-state index in [4.69, 9.17) is 17.3 Å². The van der Waals surface area contributed by atoms with Gasteiger partial charge >= 0.3 is 0 Å². The summed E-state index contributed by atoms with van der Waals surface area (Å²) < 4.78 is 1.74. The van der Waals surface area contributed by atoms with Gasteiger partial charge in [-0.2, -0.15) is 5.10 Å². The van der Waals surface area contributed by atoms with Gasteiger partial charge in [0.2, 0.25) is 0 Å². The summed E-state index contributed by atoms with van der Waals surface area (Å²) in [5.41, 5.74) is 7.18. The minimum absolute atomic E-state index is 0.299. The van der Waals surface area contributed by atoms with Gasteiger partial charge in [0.05, 0.1) is 26.8 Å². The summed E-state index contributed by atoms with van der Waals surface area (Å²) in [6, 6.07) is 10.8. The van der Waals surface area contributed by atoms with Gasteiger partial charge in [0.15, 0.2) is 0 Å². The number of anilines is 1. The smallest absolute Gasteiger partial charge is 0.266 e. The van der Waals surface area contributed by atoms with E-state index in [1.165, 1.54) is 22.7 Å². The van der Waals surface area contributed by atoms with Gasteiger partial charge in [0, 0.05) is 5.39 Å². The lowest BCUT2D eigenvalue weighted by molar-refractivity contribution is 0.100. The molecule has 0 aliphatic rings. The average molecular weight is 417 g/mol. The first kappa shape index (κ1) is 17.7. The zero-order chi connectivity index (χ0) is 19.1. The van der Waals surface area contributed by atoms with Gasteiger partial charge in [0.25, 0.3) is 11.8 Å². The van der Waals surface area contributed by atoms with Gasteiger partial charge in [-0.3, -0.25) is 9.59 Å². The van der Waals surface area contributed by atoms with E-state index < -0.39 is 5.91 Å². The van der Waals surface area contributed by atoms with Gasteiger partial charge in [-0.15, -0.1) is 22.7 Å². The van der Waals surface area contributed by atoms with Crippen LogP contribution in [0.3, 0.4) is 0 Å². The fourth-order valence-electron chi connectivity index (χ4n) is 2.71. The van der Waals surface area contributed by atoms with Crippen molar-refractivity contribution in [2.75, 3.05) is 5.32 Å². The summed E-state index contributed by atoms with van der Waals surface area (Å²) >= 11 is 8.86. The van der Waals surface area contributed by atoms with Crippen LogP contribution in [0.2, 0.25) is 5.02 Å². The van der Waals surface area contributed by atoms with E-state index in [-0.39, 0.29) is 5.91 Å². The molecule has 0 radical (unpaired) electrons. The molecule has 27 heavy (non-hydrogen) atoms. The summed E-state index contributed by atoms with van der Waals surface area (Å²) in [7, 11) is 0. The van der Waals surface area contributed by atoms with Crippen molar-refractivity contribution in [1.82, 2.24) is 9.78 Å². The number of carbonyl (C=O) groups is 2. The van der Waals surface area contributed by atoms with E-state index in [0.717, 1.165) is 21.6 Å². The van der Waals surface area contributed by atoms with Crippen LogP contribution in [0.4, 0.5) is 5.00 Å². The molecule has 0 unspecified atom stereocenters. The van der Waals surface area contributed by atoms with E-state index in [1.807, 2.05) is 25.1 Å². The summed E-state index contributed by atoms with van der Waals surface area (Å²) in [4.78, 5) is 25.4. The van der Waals surface area contributed by atoms with Crippen LogP contribution in [0.1, 0.15) is 25.7 Å². The lowest BCUT2D eigenvalue weighted by Crippen LogP contribution is -2.15. The van der Waals surface area contributed by atoms with E-state index >= 15 is 0 Å². The second kappa shape index (κ2) is 6.80. The number of nitrogens with two attached hydrogens (primary N) is 1.